The third-order valence-electron chi connectivity index (χ3n) is 1.65. The normalized spacial score (nSPS) is 9.43. The molecule has 74 valence electrons. The van der Waals surface area contributed by atoms with Gasteiger partial charge in [0.25, 0.3) is 5.91 Å². The van der Waals surface area contributed by atoms with E-state index in [2.05, 4.69) is 10.0 Å². The van der Waals surface area contributed by atoms with E-state index in [4.69, 9.17) is 11.3 Å². The summed E-state index contributed by atoms with van der Waals surface area (Å²) in [6.07, 6.45) is 1.61. The van der Waals surface area contributed by atoms with E-state index in [9.17, 15) is 4.79 Å². The minimum Gasteiger partial charge on any atom is -0.365 e. The Bertz CT molecular complexity index is 367. The highest BCUT2D eigenvalue weighted by atomic mass is 32.1. The summed E-state index contributed by atoms with van der Waals surface area (Å²) in [6.45, 7) is 0.486. The number of thiophene rings is 1. The topological polar surface area (TPSA) is 91.8 Å². The molecule has 0 aromatic carbocycles. The zero-order chi connectivity index (χ0) is 10.4. The monoisotopic (exact) mass is 210 g/mol. The predicted octanol–water partition coefficient (Wildman–Crippen LogP) is 2.09. The summed E-state index contributed by atoms with van der Waals surface area (Å²) >= 11 is 1.39. The smallest absolute Gasteiger partial charge is 0.258 e. The lowest BCUT2D eigenvalue weighted by atomic mass is 10.2. The molecule has 0 unspecified atom stereocenters. The number of azide groups is 1. The average molecular weight is 210 g/mol. The second-order valence-electron chi connectivity index (χ2n) is 2.69. The molecule has 0 aliphatic heterocycles. The van der Waals surface area contributed by atoms with E-state index in [0.717, 1.165) is 17.7 Å². The lowest BCUT2D eigenvalue weighted by molar-refractivity contribution is 0.100. The van der Waals surface area contributed by atoms with Crippen molar-refractivity contribution in [3.63, 3.8) is 0 Å². The molecule has 0 fully saturated rings. The molecule has 0 spiro atoms. The Kier molecular flexibility index (Phi) is 3.97. The van der Waals surface area contributed by atoms with Gasteiger partial charge in [0.1, 0.15) is 0 Å². The van der Waals surface area contributed by atoms with Crippen LogP contribution in [0.5, 0.6) is 0 Å². The van der Waals surface area contributed by atoms with Gasteiger partial charge in [0.2, 0.25) is 0 Å². The zero-order valence-corrected chi connectivity index (χ0v) is 8.33. The number of rotatable bonds is 5. The molecule has 2 N–H and O–H groups in total. The molecular weight excluding hydrogens is 200 g/mol. The number of primary amides is 1. The Morgan fingerprint density at radius 2 is 2.43 bits per heavy atom. The standard InChI is InChI=1S/C8H10N4OS/c9-8(13)7-4-3-6(14-7)2-1-5-11-12-10/h3-4H,1-2,5H2,(H2,9,13). The summed E-state index contributed by atoms with van der Waals surface area (Å²) in [7, 11) is 0. The van der Waals surface area contributed by atoms with E-state index in [-0.39, 0.29) is 0 Å². The van der Waals surface area contributed by atoms with Crippen molar-refractivity contribution in [2.75, 3.05) is 6.54 Å². The molecular formula is C8H10N4OS. The van der Waals surface area contributed by atoms with Crippen LogP contribution in [-0.4, -0.2) is 12.5 Å². The first kappa shape index (κ1) is 10.6. The molecule has 1 heterocycles. The molecule has 0 saturated heterocycles. The molecule has 0 bridgehead atoms. The molecule has 0 saturated carbocycles. The Morgan fingerprint density at radius 3 is 3.00 bits per heavy atom. The van der Waals surface area contributed by atoms with Gasteiger partial charge >= 0.3 is 0 Å². The predicted molar refractivity (Wildman–Crippen MR) is 55.2 cm³/mol. The van der Waals surface area contributed by atoms with Gasteiger partial charge < -0.3 is 5.73 Å². The number of nitrogens with two attached hydrogens (primary N) is 1. The van der Waals surface area contributed by atoms with Crippen molar-refractivity contribution in [1.82, 2.24) is 0 Å². The summed E-state index contributed by atoms with van der Waals surface area (Å²) in [5.74, 6) is -0.392. The molecule has 5 nitrogen and oxygen atoms in total. The van der Waals surface area contributed by atoms with E-state index < -0.39 is 5.91 Å². The van der Waals surface area contributed by atoms with Crippen molar-refractivity contribution < 1.29 is 4.79 Å². The molecule has 1 aromatic heterocycles. The van der Waals surface area contributed by atoms with Gasteiger partial charge in [-0.1, -0.05) is 5.11 Å². The maximum absolute atomic E-state index is 10.8. The average Bonchev–Trinajstić information content (AvgIpc) is 2.61. The Hall–Kier alpha value is -1.52. The van der Waals surface area contributed by atoms with Crippen LogP contribution in [0.1, 0.15) is 21.0 Å². The van der Waals surface area contributed by atoms with Gasteiger partial charge in [-0.2, -0.15) is 0 Å². The minimum atomic E-state index is -0.392. The fraction of sp³-hybridized carbons (Fsp3) is 0.375. The number of amides is 1. The summed E-state index contributed by atoms with van der Waals surface area (Å²) < 4.78 is 0. The first-order valence-corrected chi connectivity index (χ1v) is 4.95. The molecule has 0 aliphatic rings. The Balaban J connectivity index is 2.43. The largest absolute Gasteiger partial charge is 0.365 e. The van der Waals surface area contributed by atoms with Gasteiger partial charge in [0.05, 0.1) is 4.88 Å². The van der Waals surface area contributed by atoms with Crippen LogP contribution in [0.25, 0.3) is 10.4 Å². The van der Waals surface area contributed by atoms with Crippen LogP contribution in [0.4, 0.5) is 0 Å². The van der Waals surface area contributed by atoms with Crippen molar-refractivity contribution >= 4 is 17.2 Å². The quantitative estimate of drug-likeness (QED) is 0.342. The van der Waals surface area contributed by atoms with Gasteiger partial charge in [-0.15, -0.1) is 11.3 Å². The number of nitrogens with zero attached hydrogens (tertiary/aromatic N) is 3. The Labute approximate surface area is 85.2 Å². The van der Waals surface area contributed by atoms with E-state index >= 15 is 0 Å². The van der Waals surface area contributed by atoms with Crippen LogP contribution in [0, 0.1) is 0 Å². The minimum absolute atomic E-state index is 0.392. The maximum atomic E-state index is 10.8. The number of aryl methyl sites for hydroxylation is 1. The lowest BCUT2D eigenvalue weighted by Crippen LogP contribution is -2.08. The molecule has 0 radical (unpaired) electrons. The third-order valence-corrected chi connectivity index (χ3v) is 2.81. The highest BCUT2D eigenvalue weighted by Crippen LogP contribution is 2.17. The number of hydrogen-bond donors (Lipinski definition) is 1. The van der Waals surface area contributed by atoms with Gasteiger partial charge in [-0.3, -0.25) is 4.79 Å². The molecule has 1 rings (SSSR count). The Morgan fingerprint density at radius 1 is 1.64 bits per heavy atom. The molecule has 14 heavy (non-hydrogen) atoms. The fourth-order valence-electron chi connectivity index (χ4n) is 1.01. The van der Waals surface area contributed by atoms with Crippen LogP contribution < -0.4 is 5.73 Å². The van der Waals surface area contributed by atoms with Crippen LogP contribution in [0.2, 0.25) is 0 Å². The summed E-state index contributed by atoms with van der Waals surface area (Å²) in [6, 6.07) is 3.59. The highest BCUT2D eigenvalue weighted by molar-refractivity contribution is 7.14. The lowest BCUT2D eigenvalue weighted by Gasteiger charge is -1.91. The van der Waals surface area contributed by atoms with Crippen molar-refractivity contribution in [3.05, 3.63) is 32.3 Å². The molecule has 0 atom stereocenters. The highest BCUT2D eigenvalue weighted by Gasteiger charge is 2.03. The SMILES string of the molecule is [N-]=[N+]=NCCCc1ccc(C(N)=O)s1. The van der Waals surface area contributed by atoms with Crippen molar-refractivity contribution in [2.45, 2.75) is 12.8 Å². The number of carbonyl (C=O) groups excluding carboxylic acids is 1. The third kappa shape index (κ3) is 3.08. The first-order valence-electron chi connectivity index (χ1n) is 4.13. The number of hydrogen-bond acceptors (Lipinski definition) is 3. The van der Waals surface area contributed by atoms with Gasteiger partial charge in [0, 0.05) is 16.3 Å². The fourth-order valence-corrected chi connectivity index (χ4v) is 1.92. The molecule has 6 heteroatoms. The van der Waals surface area contributed by atoms with Crippen LogP contribution >= 0.6 is 11.3 Å². The molecule has 0 aliphatic carbocycles. The van der Waals surface area contributed by atoms with Crippen molar-refractivity contribution in [3.8, 4) is 0 Å². The van der Waals surface area contributed by atoms with Crippen LogP contribution in [0.15, 0.2) is 17.2 Å². The van der Waals surface area contributed by atoms with E-state index in [0.29, 0.717) is 11.4 Å². The molecule has 1 aromatic rings. The second-order valence-corrected chi connectivity index (χ2v) is 3.86. The van der Waals surface area contributed by atoms with Crippen molar-refractivity contribution in [1.29, 1.82) is 0 Å². The second kappa shape index (κ2) is 5.26. The van der Waals surface area contributed by atoms with Crippen molar-refractivity contribution in [2.24, 2.45) is 10.8 Å². The van der Waals surface area contributed by atoms with Gasteiger partial charge in [-0.05, 0) is 30.5 Å². The molecule has 1 amide bonds. The first-order chi connectivity index (χ1) is 6.74. The van der Waals surface area contributed by atoms with Gasteiger partial charge in [-0.25, -0.2) is 0 Å². The van der Waals surface area contributed by atoms with Gasteiger partial charge in [0.15, 0.2) is 0 Å². The summed E-state index contributed by atoms with van der Waals surface area (Å²) in [4.78, 5) is 15.1. The summed E-state index contributed by atoms with van der Waals surface area (Å²) in [5.41, 5.74) is 13.1. The van der Waals surface area contributed by atoms with Crippen LogP contribution in [0.3, 0.4) is 0 Å². The zero-order valence-electron chi connectivity index (χ0n) is 7.51. The van der Waals surface area contributed by atoms with E-state index in [1.165, 1.54) is 11.3 Å². The summed E-state index contributed by atoms with van der Waals surface area (Å²) in [5, 5.41) is 3.42. The number of carbonyl (C=O) groups is 1. The maximum Gasteiger partial charge on any atom is 0.258 e. The van der Waals surface area contributed by atoms with E-state index in [1.807, 2.05) is 6.07 Å². The van der Waals surface area contributed by atoms with Crippen LogP contribution in [-0.2, 0) is 6.42 Å². The van der Waals surface area contributed by atoms with E-state index in [1.54, 1.807) is 6.07 Å².